The van der Waals surface area contributed by atoms with Crippen LogP contribution in [0, 0.1) is 0 Å². The average Bonchev–Trinajstić information content (AvgIpc) is 2.55. The monoisotopic (exact) mass is 253 g/mol. The van der Waals surface area contributed by atoms with E-state index in [-0.39, 0.29) is 11.7 Å². The first kappa shape index (κ1) is 9.27. The van der Waals surface area contributed by atoms with Crippen LogP contribution in [0.4, 0.5) is 0 Å². The first-order chi connectivity index (χ1) is 6.70. The van der Waals surface area contributed by atoms with Crippen molar-refractivity contribution in [3.05, 3.63) is 29.8 Å². The highest BCUT2D eigenvalue weighted by Crippen LogP contribution is 2.20. The van der Waals surface area contributed by atoms with Crippen LogP contribution in [0.2, 0.25) is 0 Å². The molecule has 0 radical (unpaired) electrons. The Balaban J connectivity index is 2.55. The number of fused-ring (bicyclic) bond motifs is 1. The molecule has 4 heteroatoms. The number of aromatic amines is 1. The van der Waals surface area contributed by atoms with Gasteiger partial charge in [0.1, 0.15) is 0 Å². The van der Waals surface area contributed by atoms with Crippen molar-refractivity contribution in [1.82, 2.24) is 4.98 Å². The Hall–Kier alpha value is -1.29. The van der Waals surface area contributed by atoms with Gasteiger partial charge >= 0.3 is 0 Å². The van der Waals surface area contributed by atoms with Crippen LogP contribution in [0.1, 0.15) is 10.4 Å². The third-order valence-corrected chi connectivity index (χ3v) is 2.56. The van der Waals surface area contributed by atoms with Crippen LogP contribution in [0.3, 0.4) is 0 Å². The highest BCUT2D eigenvalue weighted by Gasteiger charge is 2.06. The minimum absolute atomic E-state index is 0.0348. The Kier molecular flexibility index (Phi) is 2.29. The van der Waals surface area contributed by atoms with Gasteiger partial charge in [0, 0.05) is 22.5 Å². The Labute approximate surface area is 88.9 Å². The lowest BCUT2D eigenvalue weighted by molar-refractivity contribution is 0.102. The van der Waals surface area contributed by atoms with Gasteiger partial charge in [-0.15, -0.1) is 0 Å². The van der Waals surface area contributed by atoms with Crippen molar-refractivity contribution in [3.8, 4) is 5.88 Å². The zero-order valence-electron chi connectivity index (χ0n) is 7.25. The topological polar surface area (TPSA) is 53.1 Å². The highest BCUT2D eigenvalue weighted by molar-refractivity contribution is 9.09. The summed E-state index contributed by atoms with van der Waals surface area (Å²) in [5, 5.41) is 10.3. The van der Waals surface area contributed by atoms with Crippen molar-refractivity contribution < 1.29 is 9.90 Å². The van der Waals surface area contributed by atoms with Crippen LogP contribution < -0.4 is 0 Å². The zero-order chi connectivity index (χ0) is 10.1. The van der Waals surface area contributed by atoms with E-state index in [4.69, 9.17) is 0 Å². The molecule has 0 saturated heterocycles. The van der Waals surface area contributed by atoms with Gasteiger partial charge in [0.05, 0.1) is 5.33 Å². The van der Waals surface area contributed by atoms with Crippen molar-refractivity contribution in [3.63, 3.8) is 0 Å². The summed E-state index contributed by atoms with van der Waals surface area (Å²) >= 11 is 3.11. The molecule has 1 heterocycles. The Bertz CT molecular complexity index is 490. The number of carbonyl (C=O) groups excluding carboxylic acids is 1. The fourth-order valence-electron chi connectivity index (χ4n) is 1.37. The van der Waals surface area contributed by atoms with Gasteiger partial charge < -0.3 is 10.1 Å². The molecule has 0 atom stereocenters. The van der Waals surface area contributed by atoms with Crippen molar-refractivity contribution in [1.29, 1.82) is 0 Å². The van der Waals surface area contributed by atoms with E-state index in [0.717, 1.165) is 10.9 Å². The number of ketones is 1. The summed E-state index contributed by atoms with van der Waals surface area (Å²) in [5.41, 5.74) is 1.47. The first-order valence-electron chi connectivity index (χ1n) is 4.11. The molecule has 0 aliphatic carbocycles. The molecule has 0 bridgehead atoms. The van der Waals surface area contributed by atoms with Crippen LogP contribution in [0.5, 0.6) is 5.88 Å². The lowest BCUT2D eigenvalue weighted by Gasteiger charge is -1.96. The van der Waals surface area contributed by atoms with Gasteiger partial charge in [-0.25, -0.2) is 0 Å². The maximum atomic E-state index is 11.3. The van der Waals surface area contributed by atoms with Crippen LogP contribution in [0.15, 0.2) is 24.3 Å². The smallest absolute Gasteiger partial charge is 0.189 e. The number of aromatic hydroxyl groups is 1. The number of benzene rings is 1. The fourth-order valence-corrected chi connectivity index (χ4v) is 1.69. The van der Waals surface area contributed by atoms with Crippen molar-refractivity contribution in [2.75, 3.05) is 5.33 Å². The highest BCUT2D eigenvalue weighted by atomic mass is 79.9. The molecule has 0 aliphatic heterocycles. The SMILES string of the molecule is O=C(CBr)c1ccc2[nH]c(O)cc2c1. The van der Waals surface area contributed by atoms with Gasteiger partial charge in [-0.1, -0.05) is 15.9 Å². The number of hydrogen-bond donors (Lipinski definition) is 2. The van der Waals surface area contributed by atoms with Crippen LogP contribution in [0.25, 0.3) is 10.9 Å². The molecule has 14 heavy (non-hydrogen) atoms. The quantitative estimate of drug-likeness (QED) is 0.638. The minimum atomic E-state index is 0.0348. The van der Waals surface area contributed by atoms with E-state index in [9.17, 15) is 9.90 Å². The number of aromatic nitrogens is 1. The van der Waals surface area contributed by atoms with E-state index in [0.29, 0.717) is 10.9 Å². The van der Waals surface area contributed by atoms with Gasteiger partial charge in [-0.3, -0.25) is 4.79 Å². The normalized spacial score (nSPS) is 10.6. The number of rotatable bonds is 2. The average molecular weight is 254 g/mol. The fraction of sp³-hybridized carbons (Fsp3) is 0.100. The van der Waals surface area contributed by atoms with E-state index >= 15 is 0 Å². The van der Waals surface area contributed by atoms with Gasteiger partial charge in [-0.2, -0.15) is 0 Å². The molecule has 0 saturated carbocycles. The molecule has 1 aromatic carbocycles. The zero-order valence-corrected chi connectivity index (χ0v) is 8.84. The summed E-state index contributed by atoms with van der Waals surface area (Å²) in [6.45, 7) is 0. The number of carbonyl (C=O) groups is 1. The maximum Gasteiger partial charge on any atom is 0.189 e. The lowest BCUT2D eigenvalue weighted by Crippen LogP contribution is -1.98. The molecule has 0 aliphatic rings. The molecule has 1 aromatic heterocycles. The van der Waals surface area contributed by atoms with E-state index in [1.165, 1.54) is 0 Å². The molecule has 2 aromatic rings. The number of Topliss-reactive ketones (excluding diaryl/α,β-unsaturated/α-hetero) is 1. The standard InChI is InChI=1S/C10H8BrNO2/c11-5-9(13)6-1-2-8-7(3-6)4-10(14)12-8/h1-4,12,14H,5H2. The summed E-state index contributed by atoms with van der Waals surface area (Å²) < 4.78 is 0. The third-order valence-electron chi connectivity index (χ3n) is 2.05. The van der Waals surface area contributed by atoms with Crippen LogP contribution >= 0.6 is 15.9 Å². The molecular formula is C10H8BrNO2. The van der Waals surface area contributed by atoms with Gasteiger partial charge in [0.2, 0.25) is 0 Å². The second-order valence-corrected chi connectivity index (χ2v) is 3.57. The number of hydrogen-bond acceptors (Lipinski definition) is 2. The summed E-state index contributed by atoms with van der Waals surface area (Å²) in [7, 11) is 0. The van der Waals surface area contributed by atoms with E-state index in [1.807, 2.05) is 0 Å². The Morgan fingerprint density at radius 2 is 2.21 bits per heavy atom. The Morgan fingerprint density at radius 1 is 1.43 bits per heavy atom. The van der Waals surface area contributed by atoms with E-state index in [1.54, 1.807) is 24.3 Å². The second kappa shape index (κ2) is 3.46. The third kappa shape index (κ3) is 1.53. The number of alkyl halides is 1. The molecule has 2 rings (SSSR count). The van der Waals surface area contributed by atoms with E-state index in [2.05, 4.69) is 20.9 Å². The molecule has 72 valence electrons. The van der Waals surface area contributed by atoms with Crippen LogP contribution in [-0.2, 0) is 0 Å². The van der Waals surface area contributed by atoms with Crippen LogP contribution in [-0.4, -0.2) is 21.2 Å². The van der Waals surface area contributed by atoms with Gasteiger partial charge in [0.25, 0.3) is 0 Å². The van der Waals surface area contributed by atoms with Gasteiger partial charge in [0.15, 0.2) is 11.7 Å². The summed E-state index contributed by atoms with van der Waals surface area (Å²) in [5.74, 6) is 0.149. The van der Waals surface area contributed by atoms with Crippen molar-refractivity contribution >= 4 is 32.6 Å². The molecular weight excluding hydrogens is 246 g/mol. The predicted octanol–water partition coefficient (Wildman–Crippen LogP) is 2.45. The number of halogens is 1. The van der Waals surface area contributed by atoms with Gasteiger partial charge in [-0.05, 0) is 18.2 Å². The molecule has 2 N–H and O–H groups in total. The summed E-state index contributed by atoms with van der Waals surface area (Å²) in [6.07, 6.45) is 0. The molecule has 0 fully saturated rings. The summed E-state index contributed by atoms with van der Waals surface area (Å²) in [4.78, 5) is 14.1. The van der Waals surface area contributed by atoms with E-state index < -0.39 is 0 Å². The van der Waals surface area contributed by atoms with Crippen molar-refractivity contribution in [2.24, 2.45) is 0 Å². The number of H-pyrrole nitrogens is 1. The lowest BCUT2D eigenvalue weighted by atomic mass is 10.1. The predicted molar refractivity (Wildman–Crippen MR) is 58.1 cm³/mol. The largest absolute Gasteiger partial charge is 0.495 e. The second-order valence-electron chi connectivity index (χ2n) is 3.01. The Morgan fingerprint density at radius 3 is 2.93 bits per heavy atom. The molecule has 0 amide bonds. The molecule has 0 spiro atoms. The minimum Gasteiger partial charge on any atom is -0.495 e. The number of nitrogens with one attached hydrogen (secondary N) is 1. The summed E-state index contributed by atoms with van der Waals surface area (Å²) in [6, 6.07) is 6.88. The maximum absolute atomic E-state index is 11.3. The van der Waals surface area contributed by atoms with Crippen molar-refractivity contribution in [2.45, 2.75) is 0 Å². The molecule has 0 unspecified atom stereocenters. The first-order valence-corrected chi connectivity index (χ1v) is 5.24. The molecule has 3 nitrogen and oxygen atoms in total.